The summed E-state index contributed by atoms with van der Waals surface area (Å²) >= 11 is 0. The van der Waals surface area contributed by atoms with Crippen LogP contribution in [0.25, 0.3) is 0 Å². The molecule has 0 unspecified atom stereocenters. The van der Waals surface area contributed by atoms with Crippen molar-refractivity contribution < 1.29 is 14.3 Å². The van der Waals surface area contributed by atoms with E-state index in [1.54, 1.807) is 0 Å². The predicted octanol–water partition coefficient (Wildman–Crippen LogP) is 10.7. The first-order valence-corrected chi connectivity index (χ1v) is 14.8. The first-order chi connectivity index (χ1) is 16.3. The molecule has 0 aliphatic carbocycles. The van der Waals surface area contributed by atoms with Gasteiger partial charge < -0.3 is 9.47 Å². The quantitative estimate of drug-likeness (QED) is 0.0722. The molecular weight excluding hydrogens is 408 g/mol. The van der Waals surface area contributed by atoms with E-state index in [0.717, 1.165) is 25.7 Å². The van der Waals surface area contributed by atoms with Crippen LogP contribution in [0.1, 0.15) is 162 Å². The van der Waals surface area contributed by atoms with Gasteiger partial charge in [0.15, 0.2) is 0 Å². The fourth-order valence-electron chi connectivity index (χ4n) is 4.11. The Morgan fingerprint density at radius 1 is 0.455 bits per heavy atom. The summed E-state index contributed by atoms with van der Waals surface area (Å²) in [4.78, 5) is 11.6. The maximum Gasteiger partial charge on any atom is 0.508 e. The molecule has 0 amide bonds. The number of ether oxygens (including phenoxy) is 2. The topological polar surface area (TPSA) is 35.5 Å². The Bertz CT molecular complexity index is 405. The molecule has 0 radical (unpaired) electrons. The summed E-state index contributed by atoms with van der Waals surface area (Å²) in [6.45, 7) is 5.53. The molecule has 0 aromatic carbocycles. The van der Waals surface area contributed by atoms with E-state index < -0.39 is 6.16 Å². The normalized spacial score (nSPS) is 11.3. The van der Waals surface area contributed by atoms with Gasteiger partial charge in [0.2, 0.25) is 0 Å². The lowest BCUT2D eigenvalue weighted by molar-refractivity contribution is 0.0529. The van der Waals surface area contributed by atoms with Gasteiger partial charge in [-0.2, -0.15) is 0 Å². The van der Waals surface area contributed by atoms with E-state index >= 15 is 0 Å². The molecule has 196 valence electrons. The molecule has 0 aliphatic heterocycles. The van der Waals surface area contributed by atoms with E-state index in [0.29, 0.717) is 13.2 Å². The molecule has 0 heterocycles. The van der Waals surface area contributed by atoms with Crippen molar-refractivity contribution in [3.05, 3.63) is 12.2 Å². The Kier molecular flexibility index (Phi) is 28.2. The molecule has 3 nitrogen and oxygen atoms in total. The van der Waals surface area contributed by atoms with Gasteiger partial charge in [0.25, 0.3) is 0 Å². The summed E-state index contributed by atoms with van der Waals surface area (Å²) in [5, 5.41) is 0. The smallest absolute Gasteiger partial charge is 0.434 e. The molecule has 0 fully saturated rings. The standard InChI is InChI=1S/C30H58O3/c1-3-5-7-9-11-13-15-16-17-19-21-23-25-27-29-33-30(31)32-28-26-24-22-20-18-14-12-10-8-6-4-2/h13,15H,3-12,14,16-29H2,1-2H3. The van der Waals surface area contributed by atoms with Crippen molar-refractivity contribution in [2.45, 2.75) is 162 Å². The van der Waals surface area contributed by atoms with Gasteiger partial charge in [-0.05, 0) is 38.5 Å². The van der Waals surface area contributed by atoms with Gasteiger partial charge in [-0.25, -0.2) is 4.79 Å². The predicted molar refractivity (Wildman–Crippen MR) is 144 cm³/mol. The molecule has 0 saturated carbocycles. The number of rotatable bonds is 26. The molecule has 0 N–H and O–H groups in total. The Labute approximate surface area is 207 Å². The first kappa shape index (κ1) is 32.0. The van der Waals surface area contributed by atoms with Gasteiger partial charge in [-0.1, -0.05) is 135 Å². The van der Waals surface area contributed by atoms with Crippen LogP contribution in [0, 0.1) is 0 Å². The van der Waals surface area contributed by atoms with Crippen molar-refractivity contribution in [3.63, 3.8) is 0 Å². The van der Waals surface area contributed by atoms with Crippen molar-refractivity contribution in [2.75, 3.05) is 13.2 Å². The molecule has 0 aromatic rings. The molecule has 0 spiro atoms. The monoisotopic (exact) mass is 466 g/mol. The highest BCUT2D eigenvalue weighted by Crippen LogP contribution is 2.12. The summed E-state index contributed by atoms with van der Waals surface area (Å²) < 4.78 is 10.4. The minimum Gasteiger partial charge on any atom is -0.434 e. The number of carbonyl (C=O) groups excluding carboxylic acids is 1. The minimum absolute atomic E-state index is 0.483. The third kappa shape index (κ3) is 29.0. The molecule has 0 atom stereocenters. The zero-order valence-corrected chi connectivity index (χ0v) is 22.6. The maximum absolute atomic E-state index is 11.6. The number of hydrogen-bond donors (Lipinski definition) is 0. The molecule has 3 heteroatoms. The van der Waals surface area contributed by atoms with E-state index in [-0.39, 0.29) is 0 Å². The molecular formula is C30H58O3. The van der Waals surface area contributed by atoms with Crippen LogP contribution < -0.4 is 0 Å². The summed E-state index contributed by atoms with van der Waals surface area (Å²) in [6.07, 6.45) is 33.7. The fraction of sp³-hybridized carbons (Fsp3) is 0.900. The average Bonchev–Trinajstić information content (AvgIpc) is 2.82. The van der Waals surface area contributed by atoms with E-state index in [9.17, 15) is 4.79 Å². The average molecular weight is 467 g/mol. The highest BCUT2D eigenvalue weighted by atomic mass is 16.7. The zero-order chi connectivity index (χ0) is 24.1. The fourth-order valence-corrected chi connectivity index (χ4v) is 4.11. The number of hydrogen-bond acceptors (Lipinski definition) is 3. The van der Waals surface area contributed by atoms with Crippen LogP contribution in [0.4, 0.5) is 4.79 Å². The molecule has 0 rings (SSSR count). The van der Waals surface area contributed by atoms with E-state index in [2.05, 4.69) is 26.0 Å². The van der Waals surface area contributed by atoms with Gasteiger partial charge in [-0.15, -0.1) is 0 Å². The third-order valence-electron chi connectivity index (χ3n) is 6.34. The molecule has 0 saturated heterocycles. The van der Waals surface area contributed by atoms with Crippen LogP contribution in [-0.4, -0.2) is 19.4 Å². The molecule has 0 aromatic heterocycles. The summed E-state index contributed by atoms with van der Waals surface area (Å²) in [7, 11) is 0. The van der Waals surface area contributed by atoms with Gasteiger partial charge in [-0.3, -0.25) is 0 Å². The highest BCUT2D eigenvalue weighted by molar-refractivity contribution is 5.59. The Hall–Kier alpha value is -0.990. The van der Waals surface area contributed by atoms with Gasteiger partial charge in [0.1, 0.15) is 0 Å². The van der Waals surface area contributed by atoms with Crippen LogP contribution in [0.5, 0.6) is 0 Å². The lowest BCUT2D eigenvalue weighted by atomic mass is 10.1. The van der Waals surface area contributed by atoms with Crippen LogP contribution in [0.15, 0.2) is 12.2 Å². The second-order valence-electron chi connectivity index (χ2n) is 9.71. The molecule has 0 aliphatic rings. The van der Waals surface area contributed by atoms with Crippen LogP contribution >= 0.6 is 0 Å². The van der Waals surface area contributed by atoms with Crippen molar-refractivity contribution >= 4 is 6.16 Å². The highest BCUT2D eigenvalue weighted by Gasteiger charge is 2.03. The lowest BCUT2D eigenvalue weighted by Crippen LogP contribution is -2.09. The largest absolute Gasteiger partial charge is 0.508 e. The Morgan fingerprint density at radius 3 is 1.15 bits per heavy atom. The maximum atomic E-state index is 11.6. The minimum atomic E-state index is -0.483. The molecule has 33 heavy (non-hydrogen) atoms. The van der Waals surface area contributed by atoms with Crippen molar-refractivity contribution in [3.8, 4) is 0 Å². The van der Waals surface area contributed by atoms with Gasteiger partial charge >= 0.3 is 6.16 Å². The van der Waals surface area contributed by atoms with Crippen LogP contribution in [0.3, 0.4) is 0 Å². The second kappa shape index (κ2) is 29.0. The van der Waals surface area contributed by atoms with E-state index in [4.69, 9.17) is 9.47 Å². The zero-order valence-electron chi connectivity index (χ0n) is 22.6. The van der Waals surface area contributed by atoms with Crippen molar-refractivity contribution in [1.82, 2.24) is 0 Å². The molecule has 0 bridgehead atoms. The van der Waals surface area contributed by atoms with Crippen LogP contribution in [-0.2, 0) is 9.47 Å². The van der Waals surface area contributed by atoms with E-state index in [1.807, 2.05) is 0 Å². The Balaban J connectivity index is 3.18. The third-order valence-corrected chi connectivity index (χ3v) is 6.34. The van der Waals surface area contributed by atoms with Gasteiger partial charge in [0.05, 0.1) is 13.2 Å². The summed E-state index contributed by atoms with van der Waals surface area (Å²) in [6, 6.07) is 0. The summed E-state index contributed by atoms with van der Waals surface area (Å²) in [5.74, 6) is 0. The van der Waals surface area contributed by atoms with Crippen molar-refractivity contribution in [2.24, 2.45) is 0 Å². The number of carbonyl (C=O) groups is 1. The van der Waals surface area contributed by atoms with Crippen LogP contribution in [0.2, 0.25) is 0 Å². The van der Waals surface area contributed by atoms with E-state index in [1.165, 1.54) is 122 Å². The summed E-state index contributed by atoms with van der Waals surface area (Å²) in [5.41, 5.74) is 0. The van der Waals surface area contributed by atoms with Crippen molar-refractivity contribution in [1.29, 1.82) is 0 Å². The second-order valence-corrected chi connectivity index (χ2v) is 9.71. The lowest BCUT2D eigenvalue weighted by Gasteiger charge is -2.06. The Morgan fingerprint density at radius 2 is 0.758 bits per heavy atom. The number of allylic oxidation sites excluding steroid dienone is 2. The first-order valence-electron chi connectivity index (χ1n) is 14.8. The van der Waals surface area contributed by atoms with Gasteiger partial charge in [0, 0.05) is 0 Å². The number of unbranched alkanes of at least 4 members (excludes halogenated alkanes) is 20. The SMILES string of the molecule is CCCCCCC=CCCCCCCCCOC(=O)OCCCCCCCCCCCCC.